The number of nitrogens with one attached hydrogen (secondary N) is 1. The number of nitrogens with zero attached hydrogens (tertiary/aromatic N) is 2. The summed E-state index contributed by atoms with van der Waals surface area (Å²) in [4.78, 5) is 16.7. The number of likely N-dealkylation sites (tertiary alicyclic amines) is 1. The lowest BCUT2D eigenvalue weighted by molar-refractivity contribution is -0.135. The molecule has 1 atom stereocenters. The summed E-state index contributed by atoms with van der Waals surface area (Å²) in [5, 5.41) is 3.16. The molecule has 2 saturated heterocycles. The lowest BCUT2D eigenvalue weighted by Gasteiger charge is -2.41. The van der Waals surface area contributed by atoms with Gasteiger partial charge in [-0.15, -0.1) is 0 Å². The Morgan fingerprint density at radius 1 is 1.22 bits per heavy atom. The predicted molar refractivity (Wildman–Crippen MR) is 96.6 cm³/mol. The second-order valence-electron chi connectivity index (χ2n) is 6.40. The van der Waals surface area contributed by atoms with Crippen LogP contribution in [0.3, 0.4) is 0 Å². The average Bonchev–Trinajstić information content (AvgIpc) is 2.60. The van der Waals surface area contributed by atoms with E-state index < -0.39 is 0 Å². The van der Waals surface area contributed by atoms with Crippen molar-refractivity contribution in [2.24, 2.45) is 0 Å². The van der Waals surface area contributed by atoms with E-state index in [-0.39, 0.29) is 5.91 Å². The van der Waals surface area contributed by atoms with Gasteiger partial charge in [0, 0.05) is 43.7 Å². The van der Waals surface area contributed by atoms with Crippen molar-refractivity contribution in [3.8, 4) is 0 Å². The molecule has 3 rings (SSSR count). The monoisotopic (exact) mass is 333 g/mol. The Labute approximate surface area is 143 Å². The summed E-state index contributed by atoms with van der Waals surface area (Å²) in [7, 11) is 0. The Kier molecular flexibility index (Phi) is 6.37. The summed E-state index contributed by atoms with van der Waals surface area (Å²) in [5.41, 5.74) is 1.40. The molecular formula is C18H27N3OS. The van der Waals surface area contributed by atoms with Crippen molar-refractivity contribution in [2.75, 3.05) is 45.0 Å². The molecule has 1 N–H and O–H groups in total. The maximum absolute atomic E-state index is 12.1. The van der Waals surface area contributed by atoms with Crippen LogP contribution in [0.1, 0.15) is 18.4 Å². The maximum Gasteiger partial charge on any atom is 0.236 e. The van der Waals surface area contributed by atoms with E-state index in [4.69, 9.17) is 0 Å². The molecule has 1 unspecified atom stereocenters. The molecule has 0 radical (unpaired) electrons. The van der Waals surface area contributed by atoms with E-state index in [1.807, 2.05) is 11.8 Å². The first-order valence-corrected chi connectivity index (χ1v) is 9.82. The average molecular weight is 334 g/mol. The lowest BCUT2D eigenvalue weighted by atomic mass is 10.0. The van der Waals surface area contributed by atoms with Gasteiger partial charge in [0.15, 0.2) is 0 Å². The number of thioether (sulfide) groups is 1. The molecule has 4 nitrogen and oxygen atoms in total. The van der Waals surface area contributed by atoms with Gasteiger partial charge in [0.25, 0.3) is 0 Å². The van der Waals surface area contributed by atoms with Crippen molar-refractivity contribution in [1.82, 2.24) is 15.1 Å². The molecule has 23 heavy (non-hydrogen) atoms. The van der Waals surface area contributed by atoms with Crippen LogP contribution in [0.25, 0.3) is 0 Å². The normalized spacial score (nSPS) is 23.2. The first-order valence-electron chi connectivity index (χ1n) is 8.67. The van der Waals surface area contributed by atoms with E-state index in [0.717, 1.165) is 37.7 Å². The summed E-state index contributed by atoms with van der Waals surface area (Å²) in [6, 6.07) is 11.1. The van der Waals surface area contributed by atoms with Gasteiger partial charge in [0.1, 0.15) is 0 Å². The summed E-state index contributed by atoms with van der Waals surface area (Å²) in [6.45, 7) is 5.70. The smallest absolute Gasteiger partial charge is 0.236 e. The maximum atomic E-state index is 12.1. The zero-order chi connectivity index (χ0) is 15.9. The van der Waals surface area contributed by atoms with E-state index in [9.17, 15) is 4.79 Å². The van der Waals surface area contributed by atoms with Gasteiger partial charge >= 0.3 is 0 Å². The van der Waals surface area contributed by atoms with Gasteiger partial charge in [-0.3, -0.25) is 4.79 Å². The van der Waals surface area contributed by atoms with E-state index >= 15 is 0 Å². The number of hydrogen-bond acceptors (Lipinski definition) is 4. The number of amides is 1. The third kappa shape index (κ3) is 4.96. The molecule has 0 saturated carbocycles. The number of piperazine rings is 1. The minimum atomic E-state index is 0.279. The molecule has 0 aromatic heterocycles. The Hall–Kier alpha value is -1.04. The first kappa shape index (κ1) is 16.8. The highest BCUT2D eigenvalue weighted by Gasteiger charge is 2.29. The molecule has 1 aromatic rings. The quantitative estimate of drug-likeness (QED) is 0.806. The third-order valence-corrected chi connectivity index (χ3v) is 5.72. The summed E-state index contributed by atoms with van der Waals surface area (Å²) < 4.78 is 0. The van der Waals surface area contributed by atoms with Crippen LogP contribution in [0.15, 0.2) is 30.3 Å². The second kappa shape index (κ2) is 8.71. The number of carbonyl (C=O) groups excluding carboxylic acids is 1. The van der Waals surface area contributed by atoms with Crippen molar-refractivity contribution >= 4 is 17.7 Å². The van der Waals surface area contributed by atoms with E-state index in [1.165, 1.54) is 24.9 Å². The Balaban J connectivity index is 1.39. The van der Waals surface area contributed by atoms with Crippen LogP contribution in [0, 0.1) is 0 Å². The van der Waals surface area contributed by atoms with Gasteiger partial charge in [-0.1, -0.05) is 30.3 Å². The molecule has 2 fully saturated rings. The van der Waals surface area contributed by atoms with Crippen LogP contribution in [0.5, 0.6) is 0 Å². The fraction of sp³-hybridized carbons (Fsp3) is 0.611. The fourth-order valence-corrected chi connectivity index (χ4v) is 4.41. The van der Waals surface area contributed by atoms with Gasteiger partial charge in [-0.2, -0.15) is 11.8 Å². The molecule has 0 aliphatic carbocycles. The van der Waals surface area contributed by atoms with Crippen LogP contribution in [0.2, 0.25) is 0 Å². The first-order chi connectivity index (χ1) is 11.3. The van der Waals surface area contributed by atoms with Crippen LogP contribution < -0.4 is 5.32 Å². The van der Waals surface area contributed by atoms with Crippen molar-refractivity contribution < 1.29 is 4.79 Å². The standard InChI is InChI=1S/C18H27N3OS/c22-18-13-19-8-10-21(18)17-7-4-9-20(14-17)11-12-23-15-16-5-2-1-3-6-16/h1-3,5-6,17,19H,4,7-15H2. The minimum absolute atomic E-state index is 0.279. The van der Waals surface area contributed by atoms with Gasteiger partial charge in [-0.05, 0) is 24.9 Å². The van der Waals surface area contributed by atoms with Gasteiger partial charge in [0.05, 0.1) is 6.54 Å². The number of rotatable bonds is 6. The van der Waals surface area contributed by atoms with Crippen LogP contribution in [-0.2, 0) is 10.5 Å². The molecule has 1 aromatic carbocycles. The lowest BCUT2D eigenvalue weighted by Crippen LogP contribution is -2.57. The second-order valence-corrected chi connectivity index (χ2v) is 7.50. The molecule has 2 aliphatic heterocycles. The SMILES string of the molecule is O=C1CNCCN1C1CCCN(CCSCc2ccccc2)C1. The molecular weight excluding hydrogens is 306 g/mol. The van der Waals surface area contributed by atoms with Crippen molar-refractivity contribution in [1.29, 1.82) is 0 Å². The predicted octanol–water partition coefficient (Wildman–Crippen LogP) is 1.82. The summed E-state index contributed by atoms with van der Waals surface area (Å²) in [6.07, 6.45) is 2.38. The van der Waals surface area contributed by atoms with Gasteiger partial charge in [0.2, 0.25) is 5.91 Å². The number of benzene rings is 1. The third-order valence-electron chi connectivity index (χ3n) is 4.71. The van der Waals surface area contributed by atoms with Crippen molar-refractivity contribution in [3.05, 3.63) is 35.9 Å². The van der Waals surface area contributed by atoms with E-state index in [0.29, 0.717) is 12.6 Å². The Morgan fingerprint density at radius 3 is 2.91 bits per heavy atom. The highest BCUT2D eigenvalue weighted by Crippen LogP contribution is 2.18. The molecule has 2 heterocycles. The highest BCUT2D eigenvalue weighted by molar-refractivity contribution is 7.98. The molecule has 0 bridgehead atoms. The molecule has 1 amide bonds. The van der Waals surface area contributed by atoms with Crippen molar-refractivity contribution in [3.63, 3.8) is 0 Å². The molecule has 126 valence electrons. The minimum Gasteiger partial charge on any atom is -0.336 e. The van der Waals surface area contributed by atoms with Crippen LogP contribution >= 0.6 is 11.8 Å². The topological polar surface area (TPSA) is 35.6 Å². The Morgan fingerprint density at radius 2 is 2.09 bits per heavy atom. The van der Waals surface area contributed by atoms with E-state index in [2.05, 4.69) is 45.4 Å². The van der Waals surface area contributed by atoms with Crippen molar-refractivity contribution in [2.45, 2.75) is 24.6 Å². The van der Waals surface area contributed by atoms with Crippen LogP contribution in [-0.4, -0.2) is 66.8 Å². The Bertz CT molecular complexity index is 496. The van der Waals surface area contributed by atoms with Gasteiger partial charge < -0.3 is 15.1 Å². The largest absolute Gasteiger partial charge is 0.336 e. The number of hydrogen-bond donors (Lipinski definition) is 1. The zero-order valence-corrected chi connectivity index (χ0v) is 14.6. The summed E-state index contributed by atoms with van der Waals surface area (Å²) in [5.74, 6) is 2.53. The van der Waals surface area contributed by atoms with Crippen LogP contribution in [0.4, 0.5) is 0 Å². The number of piperidine rings is 1. The van der Waals surface area contributed by atoms with Gasteiger partial charge in [-0.25, -0.2) is 0 Å². The number of carbonyl (C=O) groups is 1. The molecule has 0 spiro atoms. The highest BCUT2D eigenvalue weighted by atomic mass is 32.2. The molecule has 5 heteroatoms. The fourth-order valence-electron chi connectivity index (χ4n) is 3.45. The zero-order valence-electron chi connectivity index (χ0n) is 13.7. The van der Waals surface area contributed by atoms with E-state index in [1.54, 1.807) is 0 Å². The summed E-state index contributed by atoms with van der Waals surface area (Å²) >= 11 is 2.01. The molecule has 2 aliphatic rings.